The lowest BCUT2D eigenvalue weighted by Crippen LogP contribution is -2.55. The molecule has 2 atom stereocenters. The Balaban J connectivity index is 2.13. The standard InChI is InChI=1S/C20H31N3O2/c1-6-15-7-9-16(10-8-15)17-13-21-11-12-23(17)18(24)14(2)22-19(25)20(3,4)5/h7-10,14,17,21H,6,11-13H2,1-5H3,(H,22,25). The van der Waals surface area contributed by atoms with Gasteiger partial charge in [-0.2, -0.15) is 0 Å². The third kappa shape index (κ3) is 4.82. The predicted octanol–water partition coefficient (Wildman–Crippen LogP) is 2.27. The van der Waals surface area contributed by atoms with Gasteiger partial charge in [-0.15, -0.1) is 0 Å². The van der Waals surface area contributed by atoms with Gasteiger partial charge in [-0.05, 0) is 24.5 Å². The quantitative estimate of drug-likeness (QED) is 0.880. The number of piperazine rings is 1. The number of carbonyl (C=O) groups is 2. The molecule has 0 radical (unpaired) electrons. The fourth-order valence-corrected chi connectivity index (χ4v) is 2.97. The van der Waals surface area contributed by atoms with Crippen molar-refractivity contribution >= 4 is 11.8 Å². The highest BCUT2D eigenvalue weighted by Gasteiger charge is 2.32. The molecule has 2 rings (SSSR count). The van der Waals surface area contributed by atoms with E-state index < -0.39 is 11.5 Å². The number of carbonyl (C=O) groups excluding carboxylic acids is 2. The van der Waals surface area contributed by atoms with Gasteiger partial charge in [-0.1, -0.05) is 52.0 Å². The van der Waals surface area contributed by atoms with Crippen molar-refractivity contribution in [1.29, 1.82) is 0 Å². The number of hydrogen-bond donors (Lipinski definition) is 2. The third-order valence-electron chi connectivity index (χ3n) is 4.70. The van der Waals surface area contributed by atoms with E-state index in [2.05, 4.69) is 41.8 Å². The van der Waals surface area contributed by atoms with E-state index in [0.717, 1.165) is 25.1 Å². The summed E-state index contributed by atoms with van der Waals surface area (Å²) in [6.07, 6.45) is 1.00. The lowest BCUT2D eigenvalue weighted by atomic mass is 9.95. The summed E-state index contributed by atoms with van der Waals surface area (Å²) in [4.78, 5) is 27.0. The van der Waals surface area contributed by atoms with E-state index in [0.29, 0.717) is 6.54 Å². The maximum Gasteiger partial charge on any atom is 0.245 e. The molecule has 0 aliphatic carbocycles. The van der Waals surface area contributed by atoms with Crippen LogP contribution in [0.15, 0.2) is 24.3 Å². The fourth-order valence-electron chi connectivity index (χ4n) is 2.97. The van der Waals surface area contributed by atoms with E-state index in [1.165, 1.54) is 5.56 Å². The van der Waals surface area contributed by atoms with Crippen molar-refractivity contribution in [1.82, 2.24) is 15.5 Å². The second kappa shape index (κ2) is 8.00. The molecule has 0 aromatic heterocycles. The van der Waals surface area contributed by atoms with E-state index in [1.807, 2.05) is 25.7 Å². The summed E-state index contributed by atoms with van der Waals surface area (Å²) in [5.74, 6) is -0.129. The van der Waals surface area contributed by atoms with Gasteiger partial charge in [0.05, 0.1) is 6.04 Å². The van der Waals surface area contributed by atoms with Crippen molar-refractivity contribution in [3.8, 4) is 0 Å². The van der Waals surface area contributed by atoms with Crippen LogP contribution in [0.1, 0.15) is 51.8 Å². The molecule has 0 bridgehead atoms. The molecule has 1 aliphatic heterocycles. The first-order valence-electron chi connectivity index (χ1n) is 9.15. The topological polar surface area (TPSA) is 61.4 Å². The number of aryl methyl sites for hydroxylation is 1. The molecule has 0 spiro atoms. The van der Waals surface area contributed by atoms with Crippen molar-refractivity contribution in [3.05, 3.63) is 35.4 Å². The van der Waals surface area contributed by atoms with Crippen molar-refractivity contribution in [2.24, 2.45) is 5.41 Å². The average Bonchev–Trinajstić information content (AvgIpc) is 2.60. The van der Waals surface area contributed by atoms with Gasteiger partial charge >= 0.3 is 0 Å². The summed E-state index contributed by atoms with van der Waals surface area (Å²) < 4.78 is 0. The molecule has 2 amide bonds. The highest BCUT2D eigenvalue weighted by atomic mass is 16.2. The SMILES string of the molecule is CCc1ccc(C2CNCCN2C(=O)C(C)NC(=O)C(C)(C)C)cc1. The van der Waals surface area contributed by atoms with Crippen LogP contribution in [0.5, 0.6) is 0 Å². The van der Waals surface area contributed by atoms with Crippen LogP contribution in [-0.2, 0) is 16.0 Å². The number of nitrogens with one attached hydrogen (secondary N) is 2. The second-order valence-electron chi connectivity index (χ2n) is 7.79. The van der Waals surface area contributed by atoms with Gasteiger partial charge in [0.1, 0.15) is 6.04 Å². The van der Waals surface area contributed by atoms with Gasteiger partial charge in [0, 0.05) is 25.0 Å². The van der Waals surface area contributed by atoms with Crippen LogP contribution in [0.25, 0.3) is 0 Å². The molecular weight excluding hydrogens is 314 g/mol. The van der Waals surface area contributed by atoms with Crippen LogP contribution in [0.4, 0.5) is 0 Å². The molecule has 1 aromatic carbocycles. The van der Waals surface area contributed by atoms with Gasteiger partial charge in [0.15, 0.2) is 0 Å². The summed E-state index contributed by atoms with van der Waals surface area (Å²) in [7, 11) is 0. The summed E-state index contributed by atoms with van der Waals surface area (Å²) >= 11 is 0. The van der Waals surface area contributed by atoms with Crippen molar-refractivity contribution in [3.63, 3.8) is 0 Å². The molecule has 138 valence electrons. The van der Waals surface area contributed by atoms with Crippen LogP contribution in [-0.4, -0.2) is 42.4 Å². The van der Waals surface area contributed by atoms with Crippen LogP contribution in [0.2, 0.25) is 0 Å². The Morgan fingerprint density at radius 1 is 1.28 bits per heavy atom. The molecular formula is C20H31N3O2. The highest BCUT2D eigenvalue weighted by Crippen LogP contribution is 2.24. The maximum atomic E-state index is 13.0. The Labute approximate surface area is 151 Å². The molecule has 1 aliphatic rings. The summed E-state index contributed by atoms with van der Waals surface area (Å²) in [5.41, 5.74) is 1.91. The van der Waals surface area contributed by atoms with Gasteiger partial charge in [0.2, 0.25) is 11.8 Å². The largest absolute Gasteiger partial charge is 0.344 e. The van der Waals surface area contributed by atoms with Gasteiger partial charge in [-0.3, -0.25) is 9.59 Å². The summed E-state index contributed by atoms with van der Waals surface area (Å²) in [6, 6.07) is 7.93. The fraction of sp³-hybridized carbons (Fsp3) is 0.600. The molecule has 0 saturated carbocycles. The number of rotatable bonds is 4. The molecule has 2 unspecified atom stereocenters. The first-order valence-corrected chi connectivity index (χ1v) is 9.15. The van der Waals surface area contributed by atoms with Crippen molar-refractivity contribution in [2.75, 3.05) is 19.6 Å². The van der Waals surface area contributed by atoms with Gasteiger partial charge < -0.3 is 15.5 Å². The third-order valence-corrected chi connectivity index (χ3v) is 4.70. The van der Waals surface area contributed by atoms with Crippen LogP contribution in [0.3, 0.4) is 0 Å². The zero-order valence-electron chi connectivity index (χ0n) is 16.1. The number of hydrogen-bond acceptors (Lipinski definition) is 3. The number of amides is 2. The Morgan fingerprint density at radius 2 is 1.92 bits per heavy atom. The molecule has 1 fully saturated rings. The zero-order chi connectivity index (χ0) is 18.6. The monoisotopic (exact) mass is 345 g/mol. The molecule has 5 heteroatoms. The molecule has 2 N–H and O–H groups in total. The number of nitrogens with zero attached hydrogens (tertiary/aromatic N) is 1. The molecule has 1 saturated heterocycles. The van der Waals surface area contributed by atoms with Gasteiger partial charge in [0.25, 0.3) is 0 Å². The van der Waals surface area contributed by atoms with Gasteiger partial charge in [-0.25, -0.2) is 0 Å². The molecule has 25 heavy (non-hydrogen) atoms. The van der Waals surface area contributed by atoms with E-state index in [4.69, 9.17) is 0 Å². The summed E-state index contributed by atoms with van der Waals surface area (Å²) in [6.45, 7) is 11.6. The van der Waals surface area contributed by atoms with Crippen LogP contribution in [0, 0.1) is 5.41 Å². The smallest absolute Gasteiger partial charge is 0.245 e. The average molecular weight is 345 g/mol. The second-order valence-corrected chi connectivity index (χ2v) is 7.79. The minimum atomic E-state index is -0.526. The van der Waals surface area contributed by atoms with Crippen LogP contribution < -0.4 is 10.6 Å². The Kier molecular flexibility index (Phi) is 6.22. The van der Waals surface area contributed by atoms with E-state index in [-0.39, 0.29) is 17.9 Å². The number of benzene rings is 1. The molecule has 5 nitrogen and oxygen atoms in total. The first kappa shape index (κ1) is 19.4. The first-order chi connectivity index (χ1) is 11.7. The zero-order valence-corrected chi connectivity index (χ0v) is 16.1. The molecule has 1 heterocycles. The minimum Gasteiger partial charge on any atom is -0.344 e. The Hall–Kier alpha value is -1.88. The Morgan fingerprint density at radius 3 is 2.48 bits per heavy atom. The molecule has 1 aromatic rings. The van der Waals surface area contributed by atoms with Crippen molar-refractivity contribution < 1.29 is 9.59 Å². The van der Waals surface area contributed by atoms with E-state index in [1.54, 1.807) is 6.92 Å². The lowest BCUT2D eigenvalue weighted by molar-refractivity contribution is -0.140. The maximum absolute atomic E-state index is 13.0. The minimum absolute atomic E-state index is 0.00106. The van der Waals surface area contributed by atoms with E-state index >= 15 is 0 Å². The van der Waals surface area contributed by atoms with Crippen LogP contribution >= 0.6 is 0 Å². The summed E-state index contributed by atoms with van der Waals surface area (Å²) in [5, 5.41) is 6.23. The van der Waals surface area contributed by atoms with Crippen molar-refractivity contribution in [2.45, 2.75) is 53.1 Å². The predicted molar refractivity (Wildman–Crippen MR) is 100 cm³/mol. The lowest BCUT2D eigenvalue weighted by Gasteiger charge is -2.38. The Bertz CT molecular complexity index is 604. The normalized spacial score (nSPS) is 19.4. The highest BCUT2D eigenvalue weighted by molar-refractivity contribution is 5.89. The van der Waals surface area contributed by atoms with E-state index in [9.17, 15) is 9.59 Å².